The van der Waals surface area contributed by atoms with E-state index in [-0.39, 0.29) is 5.91 Å². The van der Waals surface area contributed by atoms with Gasteiger partial charge in [0.05, 0.1) is 24.3 Å². The average molecular weight is 399 g/mol. The van der Waals surface area contributed by atoms with Gasteiger partial charge in [-0.25, -0.2) is 0 Å². The van der Waals surface area contributed by atoms with Gasteiger partial charge in [-0.05, 0) is 46.7 Å². The molecule has 1 aromatic rings. The van der Waals surface area contributed by atoms with Gasteiger partial charge in [0.2, 0.25) is 0 Å². The zero-order chi connectivity index (χ0) is 16.9. The molecule has 5 nitrogen and oxygen atoms in total. The minimum absolute atomic E-state index is 0.282. The monoisotopic (exact) mass is 398 g/mol. The van der Waals surface area contributed by atoms with E-state index in [4.69, 9.17) is 9.47 Å². The number of methoxy groups -OCH3 is 1. The van der Waals surface area contributed by atoms with E-state index >= 15 is 0 Å². The lowest BCUT2D eigenvalue weighted by Gasteiger charge is -2.22. The Bertz CT molecular complexity index is 624. The van der Waals surface area contributed by atoms with Crippen LogP contribution in [0.15, 0.2) is 16.6 Å². The first-order valence-corrected chi connectivity index (χ1v) is 9.32. The zero-order valence-corrected chi connectivity index (χ0v) is 15.6. The number of nitrogens with zero attached hydrogens (tertiary/aromatic N) is 1. The number of amides is 1. The van der Waals surface area contributed by atoms with Crippen molar-refractivity contribution in [1.29, 1.82) is 5.26 Å². The molecule has 0 aromatic heterocycles. The molecule has 1 aromatic carbocycles. The first kappa shape index (κ1) is 18.0. The van der Waals surface area contributed by atoms with E-state index in [1.807, 2.05) is 6.92 Å². The maximum Gasteiger partial charge on any atom is 0.252 e. The van der Waals surface area contributed by atoms with Crippen molar-refractivity contribution < 1.29 is 14.3 Å². The van der Waals surface area contributed by atoms with Crippen molar-refractivity contribution in [3.8, 4) is 17.6 Å². The quantitative estimate of drug-likeness (QED) is 0.794. The predicted octanol–water partition coefficient (Wildman–Crippen LogP) is 3.38. The maximum atomic E-state index is 12.5. The molecule has 0 bridgehead atoms. The van der Waals surface area contributed by atoms with Gasteiger partial charge in [-0.15, -0.1) is 0 Å². The largest absolute Gasteiger partial charge is 0.493 e. The number of hydrogen-bond acceptors (Lipinski definition) is 5. The van der Waals surface area contributed by atoms with Crippen LogP contribution in [-0.2, 0) is 0 Å². The Labute approximate surface area is 148 Å². The van der Waals surface area contributed by atoms with Gasteiger partial charge < -0.3 is 14.8 Å². The fourth-order valence-electron chi connectivity index (χ4n) is 2.26. The fraction of sp³-hybridized carbons (Fsp3) is 0.500. The van der Waals surface area contributed by atoms with Gasteiger partial charge in [0, 0.05) is 11.3 Å². The molecule has 1 fully saturated rings. The minimum atomic E-state index is -0.779. The van der Waals surface area contributed by atoms with E-state index in [0.29, 0.717) is 40.3 Å². The summed E-state index contributed by atoms with van der Waals surface area (Å²) in [6.07, 6.45) is 1.54. The van der Waals surface area contributed by atoms with Crippen LogP contribution in [0.5, 0.6) is 11.5 Å². The molecular formula is C16H19BrN2O3S. The first-order chi connectivity index (χ1) is 11.0. The first-order valence-electron chi connectivity index (χ1n) is 7.37. The van der Waals surface area contributed by atoms with E-state index in [0.717, 1.165) is 12.2 Å². The summed E-state index contributed by atoms with van der Waals surface area (Å²) < 4.78 is 11.6. The summed E-state index contributed by atoms with van der Waals surface area (Å²) in [5.74, 6) is 2.28. The smallest absolute Gasteiger partial charge is 0.252 e. The lowest BCUT2D eigenvalue weighted by Crippen LogP contribution is -2.47. The number of hydrogen-bond donors (Lipinski definition) is 1. The Balaban J connectivity index is 2.24. The molecular weight excluding hydrogens is 380 g/mol. The van der Waals surface area contributed by atoms with Gasteiger partial charge in [0.25, 0.3) is 5.91 Å². The van der Waals surface area contributed by atoms with E-state index in [9.17, 15) is 10.1 Å². The highest BCUT2D eigenvalue weighted by Gasteiger charge is 2.36. The van der Waals surface area contributed by atoms with E-state index in [1.165, 1.54) is 7.11 Å². The van der Waals surface area contributed by atoms with Gasteiger partial charge in [0.1, 0.15) is 5.54 Å². The highest BCUT2D eigenvalue weighted by Crippen LogP contribution is 2.37. The van der Waals surface area contributed by atoms with E-state index in [2.05, 4.69) is 27.3 Å². The summed E-state index contributed by atoms with van der Waals surface area (Å²) in [4.78, 5) is 12.5. The average Bonchev–Trinajstić information content (AvgIpc) is 3.02. The number of nitrogens with one attached hydrogen (secondary N) is 1. The SMILES string of the molecule is CCCOc1c(Br)cc(C(=O)NC2(C#N)CCSC2)cc1OC. The molecule has 1 aliphatic rings. The Kier molecular flexibility index (Phi) is 6.19. The molecule has 2 rings (SSSR count). The lowest BCUT2D eigenvalue weighted by molar-refractivity contribution is 0.0925. The number of carbonyl (C=O) groups is 1. The molecule has 1 atom stereocenters. The molecule has 23 heavy (non-hydrogen) atoms. The van der Waals surface area contributed by atoms with Gasteiger partial charge in [-0.2, -0.15) is 17.0 Å². The van der Waals surface area contributed by atoms with Crippen molar-refractivity contribution in [3.63, 3.8) is 0 Å². The molecule has 0 saturated carbocycles. The van der Waals surface area contributed by atoms with Crippen molar-refractivity contribution >= 4 is 33.6 Å². The van der Waals surface area contributed by atoms with Crippen LogP contribution >= 0.6 is 27.7 Å². The van der Waals surface area contributed by atoms with Crippen LogP contribution in [0.4, 0.5) is 0 Å². The summed E-state index contributed by atoms with van der Waals surface area (Å²) >= 11 is 5.10. The van der Waals surface area contributed by atoms with Crippen LogP contribution in [0.2, 0.25) is 0 Å². The number of nitriles is 1. The van der Waals surface area contributed by atoms with Crippen molar-refractivity contribution in [2.45, 2.75) is 25.3 Å². The molecule has 7 heteroatoms. The topological polar surface area (TPSA) is 71.3 Å². The summed E-state index contributed by atoms with van der Waals surface area (Å²) in [5.41, 5.74) is -0.345. The molecule has 1 heterocycles. The van der Waals surface area contributed by atoms with Crippen LogP contribution in [0.3, 0.4) is 0 Å². The third kappa shape index (κ3) is 4.12. The minimum Gasteiger partial charge on any atom is -0.493 e. The standard InChI is InChI=1S/C16H19BrN2O3S/c1-3-5-22-14-12(17)7-11(8-13(14)21-2)15(20)19-16(9-18)4-6-23-10-16/h7-8H,3-6,10H2,1-2H3,(H,19,20). The predicted molar refractivity (Wildman–Crippen MR) is 94.2 cm³/mol. The number of halogens is 1. The van der Waals surface area contributed by atoms with Crippen molar-refractivity contribution in [2.75, 3.05) is 25.2 Å². The van der Waals surface area contributed by atoms with Crippen LogP contribution in [0, 0.1) is 11.3 Å². The number of thioether (sulfide) groups is 1. The Morgan fingerprint density at radius 1 is 1.57 bits per heavy atom. The molecule has 1 aliphatic heterocycles. The number of carbonyl (C=O) groups excluding carboxylic acids is 1. The zero-order valence-electron chi connectivity index (χ0n) is 13.1. The second-order valence-electron chi connectivity index (χ2n) is 5.29. The summed E-state index contributed by atoms with van der Waals surface area (Å²) in [6, 6.07) is 5.57. The molecule has 0 spiro atoms. The molecule has 1 saturated heterocycles. The second kappa shape index (κ2) is 7.93. The van der Waals surface area contributed by atoms with Gasteiger partial charge in [-0.1, -0.05) is 6.92 Å². The third-order valence-electron chi connectivity index (χ3n) is 3.53. The molecule has 0 radical (unpaired) electrons. The van der Waals surface area contributed by atoms with Crippen molar-refractivity contribution in [1.82, 2.24) is 5.32 Å². The van der Waals surface area contributed by atoms with Crippen LogP contribution in [0.25, 0.3) is 0 Å². The van der Waals surface area contributed by atoms with Crippen LogP contribution < -0.4 is 14.8 Å². The number of rotatable bonds is 6. The summed E-state index contributed by atoms with van der Waals surface area (Å²) in [7, 11) is 1.53. The molecule has 1 unspecified atom stereocenters. The molecule has 1 N–H and O–H groups in total. The number of ether oxygens (including phenoxy) is 2. The van der Waals surface area contributed by atoms with Crippen LogP contribution in [0.1, 0.15) is 30.1 Å². The van der Waals surface area contributed by atoms with E-state index in [1.54, 1.807) is 23.9 Å². The highest BCUT2D eigenvalue weighted by atomic mass is 79.9. The Morgan fingerprint density at radius 2 is 2.35 bits per heavy atom. The normalized spacial score (nSPS) is 19.9. The highest BCUT2D eigenvalue weighted by molar-refractivity contribution is 9.10. The second-order valence-corrected chi connectivity index (χ2v) is 7.25. The summed E-state index contributed by atoms with van der Waals surface area (Å²) in [6.45, 7) is 2.58. The van der Waals surface area contributed by atoms with Crippen molar-refractivity contribution in [2.24, 2.45) is 0 Å². The summed E-state index contributed by atoms with van der Waals surface area (Å²) in [5, 5.41) is 12.2. The van der Waals surface area contributed by atoms with Gasteiger partial charge in [-0.3, -0.25) is 4.79 Å². The van der Waals surface area contributed by atoms with Crippen LogP contribution in [-0.4, -0.2) is 36.7 Å². The van der Waals surface area contributed by atoms with Crippen molar-refractivity contribution in [3.05, 3.63) is 22.2 Å². The fourth-order valence-corrected chi connectivity index (χ4v) is 4.09. The van der Waals surface area contributed by atoms with Gasteiger partial charge >= 0.3 is 0 Å². The van der Waals surface area contributed by atoms with Gasteiger partial charge in [0.15, 0.2) is 11.5 Å². The molecule has 124 valence electrons. The van der Waals surface area contributed by atoms with E-state index < -0.39 is 5.54 Å². The Hall–Kier alpha value is -1.39. The number of benzene rings is 1. The Morgan fingerprint density at radius 3 is 2.91 bits per heavy atom. The maximum absolute atomic E-state index is 12.5. The molecule has 1 amide bonds. The third-order valence-corrected chi connectivity index (χ3v) is 5.31. The molecule has 0 aliphatic carbocycles. The lowest BCUT2D eigenvalue weighted by atomic mass is 10.0.